The number of hydrogen-bond donors (Lipinski definition) is 2. The largest absolute Gasteiger partial charge is 0.365 e. The molecular formula is C7H11N5O2. The number of aromatic amines is 1. The summed E-state index contributed by atoms with van der Waals surface area (Å²) in [6, 6.07) is 0. The number of hydrogen-bond acceptors (Lipinski definition) is 5. The summed E-state index contributed by atoms with van der Waals surface area (Å²) in [6.45, 7) is 3.19. The predicted octanol–water partition coefficient (Wildman–Crippen LogP) is -0.273. The van der Waals surface area contributed by atoms with Gasteiger partial charge in [-0.1, -0.05) is 0 Å². The molecule has 0 amide bonds. The second-order valence-electron chi connectivity index (χ2n) is 3.07. The third kappa shape index (κ3) is 1.53. The fraction of sp³-hybridized carbons (Fsp3) is 0.571. The molecule has 0 unspecified atom stereocenters. The van der Waals surface area contributed by atoms with E-state index in [-0.39, 0.29) is 5.82 Å². The van der Waals surface area contributed by atoms with Gasteiger partial charge in [0.1, 0.15) is 0 Å². The molecule has 0 bridgehead atoms. The lowest BCUT2D eigenvalue weighted by Crippen LogP contribution is -2.43. The molecule has 1 aliphatic rings. The van der Waals surface area contributed by atoms with Gasteiger partial charge >= 0.3 is 5.82 Å². The Morgan fingerprint density at radius 3 is 2.86 bits per heavy atom. The summed E-state index contributed by atoms with van der Waals surface area (Å²) in [7, 11) is 0. The number of aromatic nitrogens is 2. The zero-order chi connectivity index (χ0) is 9.97. The van der Waals surface area contributed by atoms with E-state index in [4.69, 9.17) is 0 Å². The highest BCUT2D eigenvalue weighted by Gasteiger charge is 2.22. The van der Waals surface area contributed by atoms with Crippen molar-refractivity contribution in [3.63, 3.8) is 0 Å². The van der Waals surface area contributed by atoms with Gasteiger partial charge in [-0.05, 0) is 4.92 Å². The highest BCUT2D eigenvalue weighted by Crippen LogP contribution is 2.22. The van der Waals surface area contributed by atoms with Crippen molar-refractivity contribution in [1.29, 1.82) is 0 Å². The van der Waals surface area contributed by atoms with Crippen molar-refractivity contribution < 1.29 is 4.92 Å². The SMILES string of the molecule is O=[N+]([O-])c1[nH]cnc1N1CCNCC1. The van der Waals surface area contributed by atoms with Crippen molar-refractivity contribution in [2.24, 2.45) is 0 Å². The third-order valence-electron chi connectivity index (χ3n) is 2.20. The number of imidazole rings is 1. The van der Waals surface area contributed by atoms with Gasteiger partial charge in [0, 0.05) is 26.2 Å². The van der Waals surface area contributed by atoms with Gasteiger partial charge in [-0.2, -0.15) is 4.98 Å². The topological polar surface area (TPSA) is 87.1 Å². The lowest BCUT2D eigenvalue weighted by atomic mass is 10.3. The summed E-state index contributed by atoms with van der Waals surface area (Å²) in [5.74, 6) is 0.420. The fourth-order valence-corrected chi connectivity index (χ4v) is 1.52. The summed E-state index contributed by atoms with van der Waals surface area (Å²) >= 11 is 0. The maximum atomic E-state index is 10.6. The fourth-order valence-electron chi connectivity index (χ4n) is 1.52. The average molecular weight is 197 g/mol. The lowest BCUT2D eigenvalue weighted by molar-refractivity contribution is -0.388. The van der Waals surface area contributed by atoms with Gasteiger partial charge in [0.15, 0.2) is 6.33 Å². The van der Waals surface area contributed by atoms with Crippen molar-refractivity contribution in [3.8, 4) is 0 Å². The highest BCUT2D eigenvalue weighted by atomic mass is 16.6. The Morgan fingerprint density at radius 2 is 2.21 bits per heavy atom. The molecule has 0 saturated carbocycles. The van der Waals surface area contributed by atoms with E-state index in [0.717, 1.165) is 26.2 Å². The van der Waals surface area contributed by atoms with Gasteiger partial charge < -0.3 is 20.3 Å². The Kier molecular flexibility index (Phi) is 2.32. The molecule has 0 radical (unpaired) electrons. The normalized spacial score (nSPS) is 17.0. The highest BCUT2D eigenvalue weighted by molar-refractivity contribution is 5.53. The molecule has 14 heavy (non-hydrogen) atoms. The summed E-state index contributed by atoms with van der Waals surface area (Å²) in [4.78, 5) is 18.6. The Hall–Kier alpha value is -1.63. The molecule has 0 atom stereocenters. The molecule has 1 aliphatic heterocycles. The molecule has 1 aromatic rings. The van der Waals surface area contributed by atoms with E-state index in [9.17, 15) is 10.1 Å². The minimum Gasteiger partial charge on any atom is -0.358 e. The molecule has 2 heterocycles. The maximum Gasteiger partial charge on any atom is 0.365 e. The molecule has 7 heteroatoms. The number of nitrogens with zero attached hydrogens (tertiary/aromatic N) is 3. The van der Waals surface area contributed by atoms with Gasteiger partial charge in [-0.15, -0.1) is 0 Å². The molecule has 0 spiro atoms. The van der Waals surface area contributed by atoms with Crippen LogP contribution in [0.2, 0.25) is 0 Å². The van der Waals surface area contributed by atoms with Crippen LogP contribution >= 0.6 is 0 Å². The average Bonchev–Trinajstić information content (AvgIpc) is 2.67. The van der Waals surface area contributed by atoms with E-state index in [1.165, 1.54) is 6.33 Å². The molecule has 0 aromatic carbocycles. The Bertz CT molecular complexity index is 331. The first kappa shape index (κ1) is 8.95. The Morgan fingerprint density at radius 1 is 1.50 bits per heavy atom. The first-order valence-electron chi connectivity index (χ1n) is 4.42. The lowest BCUT2D eigenvalue weighted by Gasteiger charge is -2.26. The number of nitro groups is 1. The van der Waals surface area contributed by atoms with Crippen molar-refractivity contribution in [2.75, 3.05) is 31.1 Å². The zero-order valence-corrected chi connectivity index (χ0v) is 7.56. The van der Waals surface area contributed by atoms with E-state index in [2.05, 4.69) is 15.3 Å². The summed E-state index contributed by atoms with van der Waals surface area (Å²) < 4.78 is 0. The molecule has 76 valence electrons. The van der Waals surface area contributed by atoms with Crippen LogP contribution in [0, 0.1) is 10.1 Å². The first-order valence-corrected chi connectivity index (χ1v) is 4.42. The molecule has 2 N–H and O–H groups in total. The Balaban J connectivity index is 2.21. The summed E-state index contributed by atoms with van der Waals surface area (Å²) in [6.07, 6.45) is 1.36. The molecule has 0 aliphatic carbocycles. The van der Waals surface area contributed by atoms with E-state index < -0.39 is 4.92 Å². The number of piperazine rings is 1. The number of anilines is 1. The standard InChI is InChI=1S/C7H11N5O2/c13-12(14)7-6(9-5-10-7)11-3-1-8-2-4-11/h5,8H,1-4H2,(H,9,10). The maximum absolute atomic E-state index is 10.6. The van der Waals surface area contributed by atoms with Gasteiger partial charge in [-0.3, -0.25) is 0 Å². The number of nitrogens with one attached hydrogen (secondary N) is 2. The van der Waals surface area contributed by atoms with E-state index >= 15 is 0 Å². The summed E-state index contributed by atoms with van der Waals surface area (Å²) in [5, 5.41) is 13.8. The zero-order valence-electron chi connectivity index (χ0n) is 7.56. The molecule has 1 fully saturated rings. The minimum absolute atomic E-state index is 0.0214. The first-order chi connectivity index (χ1) is 6.79. The van der Waals surface area contributed by atoms with Gasteiger partial charge in [-0.25, -0.2) is 4.98 Å². The van der Waals surface area contributed by atoms with Gasteiger partial charge in [0.05, 0.1) is 0 Å². The predicted molar refractivity (Wildman–Crippen MR) is 50.3 cm³/mol. The van der Waals surface area contributed by atoms with Crippen LogP contribution in [0.5, 0.6) is 0 Å². The van der Waals surface area contributed by atoms with Crippen LogP contribution in [0.1, 0.15) is 0 Å². The Labute approximate surface area is 80.3 Å². The van der Waals surface area contributed by atoms with Crippen molar-refractivity contribution in [1.82, 2.24) is 15.3 Å². The molecule has 1 saturated heterocycles. The second-order valence-corrected chi connectivity index (χ2v) is 3.07. The number of H-pyrrole nitrogens is 1. The number of rotatable bonds is 2. The van der Waals surface area contributed by atoms with Crippen LogP contribution in [-0.2, 0) is 0 Å². The van der Waals surface area contributed by atoms with Crippen LogP contribution in [0.4, 0.5) is 11.6 Å². The van der Waals surface area contributed by atoms with Crippen molar-refractivity contribution in [3.05, 3.63) is 16.4 Å². The van der Waals surface area contributed by atoms with Crippen molar-refractivity contribution in [2.45, 2.75) is 0 Å². The van der Waals surface area contributed by atoms with Crippen LogP contribution < -0.4 is 10.2 Å². The van der Waals surface area contributed by atoms with E-state index in [1.54, 1.807) is 0 Å². The van der Waals surface area contributed by atoms with Crippen LogP contribution in [0.15, 0.2) is 6.33 Å². The van der Waals surface area contributed by atoms with Gasteiger partial charge in [0.25, 0.3) is 0 Å². The van der Waals surface area contributed by atoms with Gasteiger partial charge in [0.2, 0.25) is 5.82 Å². The summed E-state index contributed by atoms with van der Waals surface area (Å²) in [5.41, 5.74) is 0. The van der Waals surface area contributed by atoms with Crippen molar-refractivity contribution >= 4 is 11.6 Å². The monoisotopic (exact) mass is 197 g/mol. The molecule has 1 aromatic heterocycles. The van der Waals surface area contributed by atoms with E-state index in [0.29, 0.717) is 5.82 Å². The molecule has 2 rings (SSSR count). The smallest absolute Gasteiger partial charge is 0.358 e. The quantitative estimate of drug-likeness (QED) is 0.503. The van der Waals surface area contributed by atoms with E-state index in [1.807, 2.05) is 4.90 Å². The second kappa shape index (κ2) is 3.62. The van der Waals surface area contributed by atoms with Crippen LogP contribution in [0.25, 0.3) is 0 Å². The van der Waals surface area contributed by atoms with Crippen LogP contribution in [0.3, 0.4) is 0 Å². The van der Waals surface area contributed by atoms with Crippen LogP contribution in [-0.4, -0.2) is 41.1 Å². The molecular weight excluding hydrogens is 186 g/mol. The minimum atomic E-state index is -0.440. The molecule has 7 nitrogen and oxygen atoms in total. The third-order valence-corrected chi connectivity index (χ3v) is 2.20.